The molecule has 0 radical (unpaired) electrons. The van der Waals surface area contributed by atoms with E-state index in [0.717, 1.165) is 32.1 Å². The molecule has 0 aliphatic heterocycles. The Labute approximate surface area is 110 Å². The van der Waals surface area contributed by atoms with Crippen LogP contribution < -0.4 is 5.32 Å². The van der Waals surface area contributed by atoms with Crippen LogP contribution >= 0.6 is 0 Å². The number of aliphatic hydroxyl groups is 1. The fourth-order valence-electron chi connectivity index (χ4n) is 2.73. The monoisotopic (exact) mass is 247 g/mol. The second-order valence-corrected chi connectivity index (χ2v) is 5.49. The molecule has 2 nitrogen and oxygen atoms in total. The fourth-order valence-corrected chi connectivity index (χ4v) is 2.73. The van der Waals surface area contributed by atoms with Crippen molar-refractivity contribution in [3.05, 3.63) is 35.4 Å². The van der Waals surface area contributed by atoms with E-state index >= 15 is 0 Å². The molecule has 18 heavy (non-hydrogen) atoms. The summed E-state index contributed by atoms with van der Waals surface area (Å²) in [6.07, 6.45) is 5.11. The van der Waals surface area contributed by atoms with Gasteiger partial charge in [0, 0.05) is 12.1 Å². The molecule has 2 N–H and O–H groups in total. The zero-order valence-electron chi connectivity index (χ0n) is 11.5. The predicted octanol–water partition coefficient (Wildman–Crippen LogP) is 3.20. The maximum Gasteiger partial charge on any atom is 0.0541 e. The topological polar surface area (TPSA) is 32.3 Å². The molecule has 0 aromatic heterocycles. The molecule has 1 fully saturated rings. The van der Waals surface area contributed by atoms with E-state index < -0.39 is 0 Å². The Morgan fingerprint density at radius 1 is 1.17 bits per heavy atom. The van der Waals surface area contributed by atoms with E-state index in [1.54, 1.807) is 0 Å². The molecule has 1 atom stereocenters. The van der Waals surface area contributed by atoms with Crippen molar-refractivity contribution in [2.24, 2.45) is 0 Å². The van der Waals surface area contributed by atoms with Crippen molar-refractivity contribution >= 4 is 0 Å². The number of aryl methyl sites for hydroxylation is 1. The molecule has 1 unspecified atom stereocenters. The van der Waals surface area contributed by atoms with Crippen molar-refractivity contribution in [1.82, 2.24) is 5.32 Å². The summed E-state index contributed by atoms with van der Waals surface area (Å²) in [5.41, 5.74) is 2.75. The Bertz CT molecular complexity index is 352. The van der Waals surface area contributed by atoms with Crippen molar-refractivity contribution < 1.29 is 5.11 Å². The number of nitrogens with one attached hydrogen (secondary N) is 1. The third-order valence-corrected chi connectivity index (χ3v) is 4.07. The van der Waals surface area contributed by atoms with Gasteiger partial charge >= 0.3 is 0 Å². The van der Waals surface area contributed by atoms with Gasteiger partial charge in [0.05, 0.1) is 6.10 Å². The van der Waals surface area contributed by atoms with Gasteiger partial charge in [-0.05, 0) is 50.2 Å². The minimum atomic E-state index is -0.0674. The Morgan fingerprint density at radius 2 is 1.78 bits per heavy atom. The second-order valence-electron chi connectivity index (χ2n) is 5.49. The number of aliphatic hydroxyl groups excluding tert-OH is 1. The maximum atomic E-state index is 9.51. The van der Waals surface area contributed by atoms with E-state index in [-0.39, 0.29) is 6.10 Å². The van der Waals surface area contributed by atoms with Crippen LogP contribution in [0.5, 0.6) is 0 Å². The summed E-state index contributed by atoms with van der Waals surface area (Å²) >= 11 is 0. The van der Waals surface area contributed by atoms with Gasteiger partial charge in [-0.2, -0.15) is 0 Å². The first-order valence-corrected chi connectivity index (χ1v) is 7.22. The third-order valence-electron chi connectivity index (χ3n) is 4.07. The first-order valence-electron chi connectivity index (χ1n) is 7.22. The Kier molecular flexibility index (Phi) is 4.79. The summed E-state index contributed by atoms with van der Waals surface area (Å²) in [4.78, 5) is 0. The van der Waals surface area contributed by atoms with Gasteiger partial charge in [-0.25, -0.2) is 0 Å². The molecule has 2 rings (SSSR count). The molecule has 1 aliphatic rings. The molecule has 1 saturated carbocycles. The largest absolute Gasteiger partial charge is 0.393 e. The number of rotatable bonds is 4. The van der Waals surface area contributed by atoms with Gasteiger partial charge in [0.15, 0.2) is 0 Å². The third kappa shape index (κ3) is 3.56. The molecule has 0 spiro atoms. The van der Waals surface area contributed by atoms with Crippen LogP contribution in [-0.2, 0) is 6.42 Å². The summed E-state index contributed by atoms with van der Waals surface area (Å²) in [5.74, 6) is 0. The Morgan fingerprint density at radius 3 is 2.33 bits per heavy atom. The van der Waals surface area contributed by atoms with E-state index in [0.29, 0.717) is 12.1 Å². The van der Waals surface area contributed by atoms with Gasteiger partial charge in [-0.15, -0.1) is 0 Å². The molecular weight excluding hydrogens is 222 g/mol. The van der Waals surface area contributed by atoms with Gasteiger partial charge in [0.25, 0.3) is 0 Å². The molecule has 100 valence electrons. The van der Waals surface area contributed by atoms with Crippen molar-refractivity contribution in [3.63, 3.8) is 0 Å². The van der Waals surface area contributed by atoms with Crippen LogP contribution in [0.3, 0.4) is 0 Å². The minimum Gasteiger partial charge on any atom is -0.393 e. The zero-order valence-corrected chi connectivity index (χ0v) is 11.5. The summed E-state index contributed by atoms with van der Waals surface area (Å²) in [6.45, 7) is 4.41. The average molecular weight is 247 g/mol. The van der Waals surface area contributed by atoms with E-state index in [1.807, 2.05) is 0 Å². The SMILES string of the molecule is CCc1ccc(C(C)NC2CCC(O)CC2)cc1. The van der Waals surface area contributed by atoms with Crippen LogP contribution in [0, 0.1) is 0 Å². The van der Waals surface area contributed by atoms with Crippen molar-refractivity contribution in [1.29, 1.82) is 0 Å². The summed E-state index contributed by atoms with van der Waals surface area (Å²) < 4.78 is 0. The van der Waals surface area contributed by atoms with Gasteiger partial charge in [-0.1, -0.05) is 31.2 Å². The summed E-state index contributed by atoms with van der Waals surface area (Å²) in [7, 11) is 0. The zero-order chi connectivity index (χ0) is 13.0. The molecular formula is C16H25NO. The number of benzene rings is 1. The first kappa shape index (κ1) is 13.6. The van der Waals surface area contributed by atoms with Crippen LogP contribution in [0.25, 0.3) is 0 Å². The molecule has 1 aromatic rings. The van der Waals surface area contributed by atoms with Gasteiger partial charge in [0.2, 0.25) is 0 Å². The number of hydrogen-bond acceptors (Lipinski definition) is 2. The molecule has 2 heteroatoms. The van der Waals surface area contributed by atoms with Crippen molar-refractivity contribution in [2.45, 2.75) is 64.1 Å². The van der Waals surface area contributed by atoms with Crippen LogP contribution in [0.15, 0.2) is 24.3 Å². The second kappa shape index (κ2) is 6.35. The standard InChI is InChI=1S/C16H25NO/c1-3-13-4-6-14(7-5-13)12(2)17-15-8-10-16(18)11-9-15/h4-7,12,15-18H,3,8-11H2,1-2H3. The van der Waals surface area contributed by atoms with Crippen molar-refractivity contribution in [2.75, 3.05) is 0 Å². The summed E-state index contributed by atoms with van der Waals surface area (Å²) in [5, 5.41) is 13.2. The van der Waals surface area contributed by atoms with Gasteiger partial charge in [-0.3, -0.25) is 0 Å². The Hall–Kier alpha value is -0.860. The van der Waals surface area contributed by atoms with Crippen LogP contribution in [0.4, 0.5) is 0 Å². The van der Waals surface area contributed by atoms with Crippen molar-refractivity contribution in [3.8, 4) is 0 Å². The fraction of sp³-hybridized carbons (Fsp3) is 0.625. The highest BCUT2D eigenvalue weighted by Gasteiger charge is 2.20. The maximum absolute atomic E-state index is 9.51. The van der Waals surface area contributed by atoms with E-state index in [2.05, 4.69) is 43.4 Å². The van der Waals surface area contributed by atoms with E-state index in [9.17, 15) is 5.11 Å². The first-order chi connectivity index (χ1) is 8.69. The van der Waals surface area contributed by atoms with E-state index in [4.69, 9.17) is 0 Å². The molecule has 1 aromatic carbocycles. The highest BCUT2D eigenvalue weighted by Crippen LogP contribution is 2.22. The van der Waals surface area contributed by atoms with Gasteiger partial charge in [0.1, 0.15) is 0 Å². The number of hydrogen-bond donors (Lipinski definition) is 2. The lowest BCUT2D eigenvalue weighted by atomic mass is 9.92. The molecule has 0 saturated heterocycles. The summed E-state index contributed by atoms with van der Waals surface area (Å²) in [6, 6.07) is 9.86. The van der Waals surface area contributed by atoms with E-state index in [1.165, 1.54) is 11.1 Å². The van der Waals surface area contributed by atoms with Gasteiger partial charge < -0.3 is 10.4 Å². The van der Waals surface area contributed by atoms with Crippen LogP contribution in [-0.4, -0.2) is 17.3 Å². The molecule has 0 amide bonds. The lowest BCUT2D eigenvalue weighted by Crippen LogP contribution is -2.36. The Balaban J connectivity index is 1.88. The smallest absolute Gasteiger partial charge is 0.0541 e. The quantitative estimate of drug-likeness (QED) is 0.856. The average Bonchev–Trinajstić information content (AvgIpc) is 2.41. The van der Waals surface area contributed by atoms with Crippen LogP contribution in [0.2, 0.25) is 0 Å². The lowest BCUT2D eigenvalue weighted by Gasteiger charge is -2.29. The normalized spacial score (nSPS) is 25.9. The molecule has 1 aliphatic carbocycles. The highest BCUT2D eigenvalue weighted by atomic mass is 16.3. The molecule has 0 bridgehead atoms. The highest BCUT2D eigenvalue weighted by molar-refractivity contribution is 5.24. The minimum absolute atomic E-state index is 0.0674. The predicted molar refractivity (Wildman–Crippen MR) is 75.6 cm³/mol. The lowest BCUT2D eigenvalue weighted by molar-refractivity contribution is 0.114. The molecule has 0 heterocycles. The van der Waals surface area contributed by atoms with Crippen LogP contribution in [0.1, 0.15) is 56.7 Å².